The molecular weight excluding hydrogens is 386 g/mol. The third-order valence-electron chi connectivity index (χ3n) is 4.66. The molecule has 1 amide bonds. The van der Waals surface area contributed by atoms with Gasteiger partial charge in [0.2, 0.25) is 0 Å². The summed E-state index contributed by atoms with van der Waals surface area (Å²) in [7, 11) is -3.54. The predicted molar refractivity (Wildman–Crippen MR) is 105 cm³/mol. The van der Waals surface area contributed by atoms with E-state index >= 15 is 0 Å². The van der Waals surface area contributed by atoms with E-state index in [1.807, 2.05) is 24.3 Å². The number of halogens is 1. The molecule has 0 aliphatic carbocycles. The van der Waals surface area contributed by atoms with Gasteiger partial charge < -0.3 is 5.32 Å². The number of nitrogens with zero attached hydrogens (tertiary/aromatic N) is 2. The first kappa shape index (κ1) is 19.8. The highest BCUT2D eigenvalue weighted by atomic mass is 35.5. The van der Waals surface area contributed by atoms with E-state index in [-0.39, 0.29) is 16.6 Å². The molecule has 6 nitrogen and oxygen atoms in total. The Hall–Kier alpha value is -1.96. The van der Waals surface area contributed by atoms with Gasteiger partial charge in [-0.2, -0.15) is 0 Å². The number of sulfone groups is 1. The van der Waals surface area contributed by atoms with E-state index < -0.39 is 15.7 Å². The number of nitrogens with one attached hydrogen (secondary N) is 1. The Morgan fingerprint density at radius 3 is 2.67 bits per heavy atom. The number of hydrogen-bond acceptors (Lipinski definition) is 5. The van der Waals surface area contributed by atoms with Crippen molar-refractivity contribution in [2.45, 2.75) is 23.8 Å². The first-order valence-corrected chi connectivity index (χ1v) is 11.1. The van der Waals surface area contributed by atoms with E-state index in [9.17, 15) is 13.2 Å². The monoisotopic (exact) mass is 407 g/mol. The molecule has 3 rings (SSSR count). The first-order chi connectivity index (χ1) is 12.9. The number of aromatic nitrogens is 1. The molecule has 144 valence electrons. The summed E-state index contributed by atoms with van der Waals surface area (Å²) in [6.07, 6.45) is 4.71. The summed E-state index contributed by atoms with van der Waals surface area (Å²) in [4.78, 5) is 18.9. The Bertz CT molecular complexity index is 927. The fraction of sp³-hybridized carbons (Fsp3) is 0.368. The van der Waals surface area contributed by atoms with Crippen LogP contribution in [0.5, 0.6) is 0 Å². The van der Waals surface area contributed by atoms with Crippen molar-refractivity contribution in [3.63, 3.8) is 0 Å². The van der Waals surface area contributed by atoms with E-state index in [0.717, 1.165) is 37.8 Å². The van der Waals surface area contributed by atoms with Gasteiger partial charge >= 0.3 is 0 Å². The van der Waals surface area contributed by atoms with E-state index in [0.29, 0.717) is 11.6 Å². The van der Waals surface area contributed by atoms with Gasteiger partial charge in [-0.15, -0.1) is 0 Å². The second-order valence-corrected chi connectivity index (χ2v) is 9.07. The van der Waals surface area contributed by atoms with Crippen molar-refractivity contribution >= 4 is 27.3 Å². The zero-order chi connectivity index (χ0) is 19.4. The second-order valence-electron chi connectivity index (χ2n) is 6.65. The minimum Gasteiger partial charge on any atom is -0.349 e. The van der Waals surface area contributed by atoms with Gasteiger partial charge in [-0.1, -0.05) is 23.7 Å². The molecule has 1 unspecified atom stereocenters. The Labute approximate surface area is 164 Å². The number of benzene rings is 1. The average Bonchev–Trinajstić information content (AvgIpc) is 3.15. The Morgan fingerprint density at radius 2 is 2.00 bits per heavy atom. The third-order valence-corrected chi connectivity index (χ3v) is 6.02. The first-order valence-electron chi connectivity index (χ1n) is 8.79. The lowest BCUT2D eigenvalue weighted by Crippen LogP contribution is -2.37. The molecule has 1 aromatic heterocycles. The van der Waals surface area contributed by atoms with E-state index in [4.69, 9.17) is 11.6 Å². The Morgan fingerprint density at radius 1 is 1.26 bits per heavy atom. The van der Waals surface area contributed by atoms with Gasteiger partial charge in [-0.05, 0) is 55.8 Å². The van der Waals surface area contributed by atoms with Crippen molar-refractivity contribution in [3.8, 4) is 0 Å². The van der Waals surface area contributed by atoms with Crippen molar-refractivity contribution in [2.24, 2.45) is 0 Å². The van der Waals surface area contributed by atoms with Crippen LogP contribution in [0.15, 0.2) is 47.5 Å². The highest BCUT2D eigenvalue weighted by Crippen LogP contribution is 2.26. The SMILES string of the molecule is CS(=O)(=O)c1cccnc1C(=O)NCC(c1cccc(Cl)c1)N1CCCC1. The van der Waals surface area contributed by atoms with E-state index in [2.05, 4.69) is 15.2 Å². The number of rotatable bonds is 6. The number of likely N-dealkylation sites (tertiary alicyclic amines) is 1. The minimum atomic E-state index is -3.54. The largest absolute Gasteiger partial charge is 0.349 e. The average molecular weight is 408 g/mol. The molecule has 1 fully saturated rings. The lowest BCUT2D eigenvalue weighted by atomic mass is 10.1. The number of pyridine rings is 1. The maximum absolute atomic E-state index is 12.6. The van der Waals surface area contributed by atoms with Crippen molar-refractivity contribution in [1.82, 2.24) is 15.2 Å². The maximum Gasteiger partial charge on any atom is 0.271 e. The highest BCUT2D eigenvalue weighted by Gasteiger charge is 2.26. The van der Waals surface area contributed by atoms with Crippen LogP contribution in [-0.2, 0) is 9.84 Å². The number of amides is 1. The van der Waals surface area contributed by atoms with Gasteiger partial charge in [0.05, 0.1) is 10.9 Å². The molecule has 2 aromatic rings. The highest BCUT2D eigenvalue weighted by molar-refractivity contribution is 7.90. The molecule has 1 aliphatic rings. The molecule has 0 spiro atoms. The van der Waals surface area contributed by atoms with Gasteiger partial charge in [-0.3, -0.25) is 9.69 Å². The van der Waals surface area contributed by atoms with Gasteiger partial charge in [0.25, 0.3) is 5.91 Å². The van der Waals surface area contributed by atoms with Crippen LogP contribution < -0.4 is 5.32 Å². The standard InChI is InChI=1S/C19H22ClN3O3S/c1-27(25,26)17-8-5-9-21-18(17)19(24)22-13-16(23-10-2-3-11-23)14-6-4-7-15(20)12-14/h4-9,12,16H,2-3,10-11,13H2,1H3,(H,22,24). The van der Waals surface area contributed by atoms with Crippen LogP contribution in [0.4, 0.5) is 0 Å². The van der Waals surface area contributed by atoms with E-state index in [1.54, 1.807) is 0 Å². The molecule has 0 radical (unpaired) electrons. The summed E-state index contributed by atoms with van der Waals surface area (Å²) in [5, 5.41) is 3.50. The normalized spacial score (nSPS) is 16.2. The van der Waals surface area contributed by atoms with Crippen LogP contribution in [0, 0.1) is 0 Å². The molecule has 1 aliphatic heterocycles. The Balaban J connectivity index is 1.81. The molecule has 1 aromatic carbocycles. The minimum absolute atomic E-state index is 0.0273. The molecule has 0 saturated carbocycles. The Kier molecular flexibility index (Phi) is 6.14. The van der Waals surface area contributed by atoms with Crippen LogP contribution in [0.2, 0.25) is 5.02 Å². The quantitative estimate of drug-likeness (QED) is 0.796. The van der Waals surface area contributed by atoms with Crippen molar-refractivity contribution in [3.05, 3.63) is 58.9 Å². The van der Waals surface area contributed by atoms with Crippen molar-refractivity contribution in [1.29, 1.82) is 0 Å². The zero-order valence-electron chi connectivity index (χ0n) is 15.1. The van der Waals surface area contributed by atoms with Gasteiger partial charge in [-0.25, -0.2) is 13.4 Å². The smallest absolute Gasteiger partial charge is 0.271 e. The third kappa shape index (κ3) is 4.86. The van der Waals surface area contributed by atoms with Crippen LogP contribution in [-0.4, -0.2) is 50.1 Å². The van der Waals surface area contributed by atoms with Crippen molar-refractivity contribution < 1.29 is 13.2 Å². The molecule has 0 bridgehead atoms. The lowest BCUT2D eigenvalue weighted by Gasteiger charge is -2.28. The van der Waals surface area contributed by atoms with E-state index in [1.165, 1.54) is 18.3 Å². The molecule has 27 heavy (non-hydrogen) atoms. The fourth-order valence-corrected chi connectivity index (χ4v) is 4.38. The van der Waals surface area contributed by atoms with Gasteiger partial charge in [0.15, 0.2) is 9.84 Å². The fourth-order valence-electron chi connectivity index (χ4n) is 3.36. The predicted octanol–water partition coefficient (Wildman–Crippen LogP) is 2.71. The molecule has 2 heterocycles. The van der Waals surface area contributed by atoms with Gasteiger partial charge in [0, 0.05) is 24.0 Å². The zero-order valence-corrected chi connectivity index (χ0v) is 16.6. The molecule has 8 heteroatoms. The summed E-state index contributed by atoms with van der Waals surface area (Å²) >= 11 is 6.14. The molecule has 1 saturated heterocycles. The summed E-state index contributed by atoms with van der Waals surface area (Å²) in [5.41, 5.74) is 0.945. The number of carbonyl (C=O) groups is 1. The summed E-state index contributed by atoms with van der Waals surface area (Å²) < 4.78 is 23.8. The summed E-state index contributed by atoms with van der Waals surface area (Å²) in [6.45, 7) is 2.25. The molecule has 1 N–H and O–H groups in total. The molecular formula is C19H22ClN3O3S. The topological polar surface area (TPSA) is 79.4 Å². The van der Waals surface area contributed by atoms with Crippen LogP contribution in [0.25, 0.3) is 0 Å². The summed E-state index contributed by atoms with van der Waals surface area (Å²) in [6, 6.07) is 10.5. The second kappa shape index (κ2) is 8.37. The number of hydrogen-bond donors (Lipinski definition) is 1. The van der Waals surface area contributed by atoms with Crippen LogP contribution >= 0.6 is 11.6 Å². The van der Waals surface area contributed by atoms with Crippen LogP contribution in [0.1, 0.15) is 34.9 Å². The summed E-state index contributed by atoms with van der Waals surface area (Å²) in [5.74, 6) is -0.498. The van der Waals surface area contributed by atoms with Gasteiger partial charge in [0.1, 0.15) is 5.69 Å². The lowest BCUT2D eigenvalue weighted by molar-refractivity contribution is 0.0929. The molecule has 1 atom stereocenters. The van der Waals surface area contributed by atoms with Crippen molar-refractivity contribution in [2.75, 3.05) is 25.9 Å². The number of carbonyl (C=O) groups excluding carboxylic acids is 1. The van der Waals surface area contributed by atoms with Crippen LogP contribution in [0.3, 0.4) is 0 Å². The maximum atomic E-state index is 12.6.